The number of carbonyl (C=O) groups is 1. The molecule has 0 aliphatic carbocycles. The van der Waals surface area contributed by atoms with Gasteiger partial charge in [0, 0.05) is 25.4 Å². The fourth-order valence-corrected chi connectivity index (χ4v) is 1.29. The van der Waals surface area contributed by atoms with Crippen LogP contribution in [-0.2, 0) is 4.79 Å². The van der Waals surface area contributed by atoms with E-state index in [0.717, 1.165) is 25.9 Å². The summed E-state index contributed by atoms with van der Waals surface area (Å²) in [4.78, 5) is 13.2. The first-order valence-corrected chi connectivity index (χ1v) is 5.13. The van der Waals surface area contributed by atoms with Gasteiger partial charge in [0.1, 0.15) is 0 Å². The van der Waals surface area contributed by atoms with Crippen molar-refractivity contribution in [2.45, 2.75) is 33.1 Å². The van der Waals surface area contributed by atoms with Crippen LogP contribution in [0.15, 0.2) is 0 Å². The highest BCUT2D eigenvalue weighted by molar-refractivity contribution is 6.17. The van der Waals surface area contributed by atoms with E-state index in [1.54, 1.807) is 0 Å². The highest BCUT2D eigenvalue weighted by atomic mass is 35.5. The SMILES string of the molecule is CCN(CC)C(=O)CCCCCl. The molecule has 0 spiro atoms. The first-order chi connectivity index (χ1) is 5.76. The highest BCUT2D eigenvalue weighted by Gasteiger charge is 2.07. The average Bonchev–Trinajstić information content (AvgIpc) is 2.07. The third-order valence-corrected chi connectivity index (χ3v) is 2.16. The molecule has 0 aliphatic heterocycles. The Hall–Kier alpha value is -0.240. The molecular weight excluding hydrogens is 174 g/mol. The molecule has 0 aromatic carbocycles. The van der Waals surface area contributed by atoms with Crippen LogP contribution in [-0.4, -0.2) is 29.8 Å². The Balaban J connectivity index is 3.54. The van der Waals surface area contributed by atoms with Crippen LogP contribution in [0.1, 0.15) is 33.1 Å². The number of alkyl halides is 1. The Kier molecular flexibility index (Phi) is 7.26. The van der Waals surface area contributed by atoms with E-state index in [-0.39, 0.29) is 5.91 Å². The van der Waals surface area contributed by atoms with Crippen LogP contribution in [0.5, 0.6) is 0 Å². The molecule has 0 aromatic heterocycles. The Bertz CT molecular complexity index is 124. The normalized spacial score (nSPS) is 9.92. The number of carbonyl (C=O) groups excluding carboxylic acids is 1. The van der Waals surface area contributed by atoms with Gasteiger partial charge >= 0.3 is 0 Å². The number of unbranched alkanes of at least 4 members (excludes halogenated alkanes) is 1. The summed E-state index contributed by atoms with van der Waals surface area (Å²) in [6, 6.07) is 0. The molecule has 3 heteroatoms. The van der Waals surface area contributed by atoms with E-state index in [1.807, 2.05) is 18.7 Å². The number of halogens is 1. The second-order valence-corrected chi connectivity index (χ2v) is 3.09. The number of amides is 1. The molecule has 0 saturated heterocycles. The lowest BCUT2D eigenvalue weighted by molar-refractivity contribution is -0.130. The first kappa shape index (κ1) is 11.8. The van der Waals surface area contributed by atoms with Crippen LogP contribution in [0.3, 0.4) is 0 Å². The van der Waals surface area contributed by atoms with E-state index < -0.39 is 0 Å². The second kappa shape index (κ2) is 7.41. The van der Waals surface area contributed by atoms with Gasteiger partial charge in [0.15, 0.2) is 0 Å². The van der Waals surface area contributed by atoms with Crippen LogP contribution in [0.25, 0.3) is 0 Å². The van der Waals surface area contributed by atoms with Crippen molar-refractivity contribution >= 4 is 17.5 Å². The van der Waals surface area contributed by atoms with Crippen molar-refractivity contribution in [3.63, 3.8) is 0 Å². The topological polar surface area (TPSA) is 20.3 Å². The first-order valence-electron chi connectivity index (χ1n) is 4.60. The maximum Gasteiger partial charge on any atom is 0.222 e. The minimum Gasteiger partial charge on any atom is -0.343 e. The summed E-state index contributed by atoms with van der Waals surface area (Å²) in [5, 5.41) is 0. The summed E-state index contributed by atoms with van der Waals surface area (Å²) in [6.45, 7) is 5.64. The van der Waals surface area contributed by atoms with Crippen LogP contribution in [0, 0.1) is 0 Å². The zero-order valence-corrected chi connectivity index (χ0v) is 8.73. The predicted molar refractivity (Wildman–Crippen MR) is 52.5 cm³/mol. The fraction of sp³-hybridized carbons (Fsp3) is 0.889. The lowest BCUT2D eigenvalue weighted by Crippen LogP contribution is -2.30. The van der Waals surface area contributed by atoms with Crippen molar-refractivity contribution in [1.82, 2.24) is 4.90 Å². The molecule has 0 radical (unpaired) electrons. The molecule has 0 heterocycles. The molecule has 12 heavy (non-hydrogen) atoms. The minimum absolute atomic E-state index is 0.255. The molecule has 0 fully saturated rings. The Morgan fingerprint density at radius 2 is 1.83 bits per heavy atom. The molecule has 0 rings (SSSR count). The zero-order chi connectivity index (χ0) is 9.40. The number of rotatable bonds is 6. The van der Waals surface area contributed by atoms with Gasteiger partial charge in [0.05, 0.1) is 0 Å². The molecule has 2 nitrogen and oxygen atoms in total. The maximum absolute atomic E-state index is 11.4. The maximum atomic E-state index is 11.4. The zero-order valence-electron chi connectivity index (χ0n) is 7.98. The Labute approximate surface area is 79.9 Å². The van der Waals surface area contributed by atoms with Crippen LogP contribution in [0.2, 0.25) is 0 Å². The van der Waals surface area contributed by atoms with Crippen molar-refractivity contribution in [2.75, 3.05) is 19.0 Å². The standard InChI is InChI=1S/C9H18ClNO/c1-3-11(4-2)9(12)7-5-6-8-10/h3-8H2,1-2H3. The summed E-state index contributed by atoms with van der Waals surface area (Å²) in [6.07, 6.45) is 2.50. The Morgan fingerprint density at radius 1 is 1.25 bits per heavy atom. The summed E-state index contributed by atoms with van der Waals surface area (Å²) < 4.78 is 0. The van der Waals surface area contributed by atoms with E-state index in [9.17, 15) is 4.79 Å². The van der Waals surface area contributed by atoms with Crippen molar-refractivity contribution in [2.24, 2.45) is 0 Å². The highest BCUT2D eigenvalue weighted by Crippen LogP contribution is 2.01. The van der Waals surface area contributed by atoms with Gasteiger partial charge in [-0.3, -0.25) is 4.79 Å². The summed E-state index contributed by atoms with van der Waals surface area (Å²) in [5.41, 5.74) is 0. The van der Waals surface area contributed by atoms with Crippen LogP contribution < -0.4 is 0 Å². The van der Waals surface area contributed by atoms with E-state index in [0.29, 0.717) is 12.3 Å². The Morgan fingerprint density at radius 3 is 2.25 bits per heavy atom. The van der Waals surface area contributed by atoms with Crippen molar-refractivity contribution in [1.29, 1.82) is 0 Å². The van der Waals surface area contributed by atoms with Crippen LogP contribution >= 0.6 is 11.6 Å². The van der Waals surface area contributed by atoms with Gasteiger partial charge in [-0.15, -0.1) is 11.6 Å². The molecule has 0 aromatic rings. The van der Waals surface area contributed by atoms with Crippen molar-refractivity contribution in [3.8, 4) is 0 Å². The minimum atomic E-state index is 0.255. The lowest BCUT2D eigenvalue weighted by atomic mass is 10.2. The smallest absolute Gasteiger partial charge is 0.222 e. The van der Waals surface area contributed by atoms with E-state index in [2.05, 4.69) is 0 Å². The van der Waals surface area contributed by atoms with E-state index >= 15 is 0 Å². The molecule has 0 saturated carbocycles. The molecule has 72 valence electrons. The van der Waals surface area contributed by atoms with Gasteiger partial charge in [-0.25, -0.2) is 0 Å². The monoisotopic (exact) mass is 191 g/mol. The third-order valence-electron chi connectivity index (χ3n) is 1.89. The average molecular weight is 192 g/mol. The van der Waals surface area contributed by atoms with Crippen LogP contribution in [0.4, 0.5) is 0 Å². The van der Waals surface area contributed by atoms with Gasteiger partial charge in [0.25, 0.3) is 0 Å². The van der Waals surface area contributed by atoms with E-state index in [4.69, 9.17) is 11.6 Å². The van der Waals surface area contributed by atoms with Gasteiger partial charge in [-0.05, 0) is 26.7 Å². The molecular formula is C9H18ClNO. The van der Waals surface area contributed by atoms with Crippen molar-refractivity contribution < 1.29 is 4.79 Å². The number of hydrogen-bond acceptors (Lipinski definition) is 1. The van der Waals surface area contributed by atoms with Gasteiger partial charge in [-0.2, -0.15) is 0 Å². The quantitative estimate of drug-likeness (QED) is 0.466. The molecule has 0 atom stereocenters. The predicted octanol–water partition coefficient (Wildman–Crippen LogP) is 2.26. The number of hydrogen-bond donors (Lipinski definition) is 0. The molecule has 0 aliphatic rings. The fourth-order valence-electron chi connectivity index (χ4n) is 1.11. The summed E-state index contributed by atoms with van der Waals surface area (Å²) in [7, 11) is 0. The molecule has 1 amide bonds. The third kappa shape index (κ3) is 4.60. The summed E-state index contributed by atoms with van der Waals surface area (Å²) in [5.74, 6) is 0.913. The largest absolute Gasteiger partial charge is 0.343 e. The van der Waals surface area contributed by atoms with Gasteiger partial charge in [-0.1, -0.05) is 0 Å². The number of nitrogens with zero attached hydrogens (tertiary/aromatic N) is 1. The molecule has 0 unspecified atom stereocenters. The second-order valence-electron chi connectivity index (χ2n) is 2.71. The van der Waals surface area contributed by atoms with Gasteiger partial charge < -0.3 is 4.90 Å². The van der Waals surface area contributed by atoms with Gasteiger partial charge in [0.2, 0.25) is 5.91 Å². The van der Waals surface area contributed by atoms with E-state index in [1.165, 1.54) is 0 Å². The summed E-state index contributed by atoms with van der Waals surface area (Å²) >= 11 is 5.51. The lowest BCUT2D eigenvalue weighted by Gasteiger charge is -2.18. The molecule has 0 N–H and O–H groups in total. The van der Waals surface area contributed by atoms with Crippen molar-refractivity contribution in [3.05, 3.63) is 0 Å². The molecule has 0 bridgehead atoms.